The Morgan fingerprint density at radius 2 is 2.35 bits per heavy atom. The van der Waals surface area contributed by atoms with E-state index in [1.807, 2.05) is 6.92 Å². The van der Waals surface area contributed by atoms with E-state index < -0.39 is 0 Å². The van der Waals surface area contributed by atoms with Crippen molar-refractivity contribution in [1.29, 1.82) is 0 Å². The van der Waals surface area contributed by atoms with Crippen LogP contribution < -0.4 is 5.73 Å². The molecule has 0 saturated carbocycles. The number of rotatable bonds is 5. The molecule has 1 aliphatic rings. The number of aryl methyl sites for hydroxylation is 1. The van der Waals surface area contributed by atoms with Crippen LogP contribution in [-0.2, 0) is 13.1 Å². The maximum Gasteiger partial charge on any atom is 0.118 e. The summed E-state index contributed by atoms with van der Waals surface area (Å²) in [5, 5.41) is 0. The lowest BCUT2D eigenvalue weighted by Gasteiger charge is -2.15. The van der Waals surface area contributed by atoms with Gasteiger partial charge in [0.15, 0.2) is 0 Å². The molecule has 3 nitrogen and oxygen atoms in total. The Kier molecular flexibility index (Phi) is 4.24. The maximum atomic E-state index is 5.60. The lowest BCUT2D eigenvalue weighted by molar-refractivity contribution is 0.310. The monoisotopic (exact) mass is 236 g/mol. The van der Waals surface area contributed by atoms with Gasteiger partial charge in [-0.25, -0.2) is 0 Å². The molecule has 1 saturated heterocycles. The zero-order valence-electron chi connectivity index (χ0n) is 11.0. The van der Waals surface area contributed by atoms with Crippen LogP contribution in [0.25, 0.3) is 0 Å². The predicted octanol–water partition coefficient (Wildman–Crippen LogP) is 2.67. The molecule has 1 fully saturated rings. The number of furan rings is 1. The lowest BCUT2D eigenvalue weighted by Crippen LogP contribution is -2.20. The summed E-state index contributed by atoms with van der Waals surface area (Å²) in [4.78, 5) is 2.54. The van der Waals surface area contributed by atoms with E-state index in [0.717, 1.165) is 24.0 Å². The van der Waals surface area contributed by atoms with Crippen LogP contribution in [0.5, 0.6) is 0 Å². The van der Waals surface area contributed by atoms with Gasteiger partial charge in [0, 0.05) is 18.7 Å². The van der Waals surface area contributed by atoms with Gasteiger partial charge in [0.25, 0.3) is 0 Å². The van der Waals surface area contributed by atoms with Crippen molar-refractivity contribution in [3.63, 3.8) is 0 Å². The first-order valence-electron chi connectivity index (χ1n) is 6.73. The molecule has 17 heavy (non-hydrogen) atoms. The van der Waals surface area contributed by atoms with Crippen LogP contribution in [0.3, 0.4) is 0 Å². The first-order valence-corrected chi connectivity index (χ1v) is 6.73. The van der Waals surface area contributed by atoms with Gasteiger partial charge in [0.05, 0.1) is 6.54 Å². The maximum absolute atomic E-state index is 5.60. The summed E-state index contributed by atoms with van der Waals surface area (Å²) in [6.45, 7) is 8.31. The molecule has 1 aliphatic heterocycles. The van der Waals surface area contributed by atoms with Gasteiger partial charge in [-0.2, -0.15) is 0 Å². The zero-order valence-corrected chi connectivity index (χ0v) is 11.0. The van der Waals surface area contributed by atoms with Crippen molar-refractivity contribution in [3.05, 3.63) is 23.2 Å². The number of likely N-dealkylation sites (tertiary alicyclic amines) is 1. The standard InChI is InChI=1S/C14H24N2O/c1-3-4-12-5-6-16(9-12)10-13-7-14(8-15)17-11(13)2/h7,12H,3-6,8-10,15H2,1-2H3. The predicted molar refractivity (Wildman–Crippen MR) is 69.6 cm³/mol. The van der Waals surface area contributed by atoms with E-state index in [4.69, 9.17) is 10.2 Å². The fraction of sp³-hybridized carbons (Fsp3) is 0.714. The van der Waals surface area contributed by atoms with Crippen LogP contribution in [0, 0.1) is 12.8 Å². The highest BCUT2D eigenvalue weighted by atomic mass is 16.3. The smallest absolute Gasteiger partial charge is 0.118 e. The molecule has 2 heterocycles. The largest absolute Gasteiger partial charge is 0.465 e. The first kappa shape index (κ1) is 12.7. The van der Waals surface area contributed by atoms with Gasteiger partial charge in [-0.3, -0.25) is 4.90 Å². The SMILES string of the molecule is CCCC1CCN(Cc2cc(CN)oc2C)C1. The summed E-state index contributed by atoms with van der Waals surface area (Å²) in [7, 11) is 0. The van der Waals surface area contributed by atoms with Crippen molar-refractivity contribution in [3.8, 4) is 0 Å². The van der Waals surface area contributed by atoms with Crippen molar-refractivity contribution in [2.24, 2.45) is 11.7 Å². The second-order valence-electron chi connectivity index (χ2n) is 5.18. The molecule has 1 atom stereocenters. The number of nitrogens with two attached hydrogens (primary N) is 1. The number of nitrogens with zero attached hydrogens (tertiary/aromatic N) is 1. The highest BCUT2D eigenvalue weighted by Gasteiger charge is 2.22. The Morgan fingerprint density at radius 3 is 3.00 bits per heavy atom. The third kappa shape index (κ3) is 3.11. The number of hydrogen-bond acceptors (Lipinski definition) is 3. The van der Waals surface area contributed by atoms with Crippen LogP contribution in [0.15, 0.2) is 10.5 Å². The molecule has 1 aromatic rings. The van der Waals surface area contributed by atoms with E-state index in [1.165, 1.54) is 37.9 Å². The summed E-state index contributed by atoms with van der Waals surface area (Å²) in [5.41, 5.74) is 6.90. The molecular weight excluding hydrogens is 212 g/mol. The Bertz CT molecular complexity index is 359. The number of hydrogen-bond donors (Lipinski definition) is 1. The van der Waals surface area contributed by atoms with Crippen molar-refractivity contribution < 1.29 is 4.42 Å². The minimum Gasteiger partial charge on any atom is -0.465 e. The van der Waals surface area contributed by atoms with E-state index in [1.54, 1.807) is 0 Å². The van der Waals surface area contributed by atoms with Crippen LogP contribution in [0.1, 0.15) is 43.3 Å². The van der Waals surface area contributed by atoms with E-state index >= 15 is 0 Å². The molecule has 0 spiro atoms. The lowest BCUT2D eigenvalue weighted by atomic mass is 10.0. The molecule has 0 amide bonds. The minimum atomic E-state index is 0.499. The van der Waals surface area contributed by atoms with Gasteiger partial charge in [0.1, 0.15) is 11.5 Å². The Labute approximate surface area is 104 Å². The zero-order chi connectivity index (χ0) is 12.3. The average Bonchev–Trinajstić information content (AvgIpc) is 2.88. The average molecular weight is 236 g/mol. The first-order chi connectivity index (χ1) is 8.22. The van der Waals surface area contributed by atoms with E-state index in [9.17, 15) is 0 Å². The molecule has 2 N–H and O–H groups in total. The van der Waals surface area contributed by atoms with Gasteiger partial charge in [-0.15, -0.1) is 0 Å². The highest BCUT2D eigenvalue weighted by molar-refractivity contribution is 5.20. The van der Waals surface area contributed by atoms with Crippen LogP contribution in [-0.4, -0.2) is 18.0 Å². The summed E-state index contributed by atoms with van der Waals surface area (Å²) >= 11 is 0. The third-order valence-corrected chi connectivity index (χ3v) is 3.73. The molecule has 0 radical (unpaired) electrons. The van der Waals surface area contributed by atoms with Crippen LogP contribution >= 0.6 is 0 Å². The van der Waals surface area contributed by atoms with Crippen LogP contribution in [0.2, 0.25) is 0 Å². The van der Waals surface area contributed by atoms with Crippen LogP contribution in [0.4, 0.5) is 0 Å². The fourth-order valence-corrected chi connectivity index (χ4v) is 2.79. The minimum absolute atomic E-state index is 0.499. The topological polar surface area (TPSA) is 42.4 Å². The summed E-state index contributed by atoms with van der Waals surface area (Å²) in [5.74, 6) is 2.84. The Hall–Kier alpha value is -0.800. The highest BCUT2D eigenvalue weighted by Crippen LogP contribution is 2.24. The molecular formula is C14H24N2O. The molecule has 96 valence electrons. The van der Waals surface area contributed by atoms with Gasteiger partial charge < -0.3 is 10.2 Å². The summed E-state index contributed by atoms with van der Waals surface area (Å²) in [6, 6.07) is 2.11. The van der Waals surface area contributed by atoms with E-state index in [-0.39, 0.29) is 0 Å². The van der Waals surface area contributed by atoms with Crippen molar-refractivity contribution in [2.45, 2.75) is 46.2 Å². The third-order valence-electron chi connectivity index (χ3n) is 3.73. The van der Waals surface area contributed by atoms with E-state index in [0.29, 0.717) is 6.54 Å². The van der Waals surface area contributed by atoms with Gasteiger partial charge in [-0.05, 0) is 38.3 Å². The van der Waals surface area contributed by atoms with Crippen molar-refractivity contribution >= 4 is 0 Å². The summed E-state index contributed by atoms with van der Waals surface area (Å²) in [6.07, 6.45) is 4.03. The van der Waals surface area contributed by atoms with Crippen molar-refractivity contribution in [1.82, 2.24) is 4.90 Å². The second-order valence-corrected chi connectivity index (χ2v) is 5.18. The van der Waals surface area contributed by atoms with E-state index in [2.05, 4.69) is 17.9 Å². The molecule has 3 heteroatoms. The van der Waals surface area contributed by atoms with Gasteiger partial charge in [0.2, 0.25) is 0 Å². The normalized spacial score (nSPS) is 21.2. The molecule has 1 aromatic heterocycles. The quantitative estimate of drug-likeness (QED) is 0.854. The molecule has 0 aliphatic carbocycles. The van der Waals surface area contributed by atoms with Gasteiger partial charge in [-0.1, -0.05) is 13.3 Å². The van der Waals surface area contributed by atoms with Gasteiger partial charge >= 0.3 is 0 Å². The summed E-state index contributed by atoms with van der Waals surface area (Å²) < 4.78 is 5.60. The Balaban J connectivity index is 1.90. The molecule has 1 unspecified atom stereocenters. The Morgan fingerprint density at radius 1 is 1.53 bits per heavy atom. The molecule has 0 aromatic carbocycles. The van der Waals surface area contributed by atoms with Crippen molar-refractivity contribution in [2.75, 3.05) is 13.1 Å². The molecule has 0 bridgehead atoms. The fourth-order valence-electron chi connectivity index (χ4n) is 2.79. The second kappa shape index (κ2) is 5.69. The molecule has 2 rings (SSSR count).